The summed E-state index contributed by atoms with van der Waals surface area (Å²) in [6.07, 6.45) is 4.16. The molecule has 3 rings (SSSR count). The number of hydrogen-bond acceptors (Lipinski definition) is 3. The summed E-state index contributed by atoms with van der Waals surface area (Å²) < 4.78 is 5.78. The molecule has 0 unspecified atom stereocenters. The number of benzene rings is 1. The maximum atomic E-state index is 5.78. The van der Waals surface area contributed by atoms with Gasteiger partial charge in [-0.15, -0.1) is 0 Å². The number of rotatable bonds is 5. The van der Waals surface area contributed by atoms with Gasteiger partial charge in [0.25, 0.3) is 0 Å². The van der Waals surface area contributed by atoms with E-state index in [0.717, 1.165) is 18.9 Å². The van der Waals surface area contributed by atoms with Crippen LogP contribution >= 0.6 is 0 Å². The lowest BCUT2D eigenvalue weighted by molar-refractivity contribution is 0.223. The monoisotopic (exact) mass is 274 g/mol. The third-order valence-corrected chi connectivity index (χ3v) is 4.68. The summed E-state index contributed by atoms with van der Waals surface area (Å²) in [5.41, 5.74) is 1.37. The van der Waals surface area contributed by atoms with Crippen molar-refractivity contribution in [2.24, 2.45) is 0 Å². The van der Waals surface area contributed by atoms with Crippen LogP contribution in [-0.2, 0) is 0 Å². The molecule has 1 fully saturated rings. The normalized spacial score (nSPS) is 24.1. The SMILES string of the molecule is C[C@H](NCCN1CCCCC1)[C@@H]1COc2ccccc21. The molecule has 2 atom stereocenters. The number of hydrogen-bond donors (Lipinski definition) is 1. The molecule has 2 aliphatic heterocycles. The van der Waals surface area contributed by atoms with Gasteiger partial charge in [-0.2, -0.15) is 0 Å². The largest absolute Gasteiger partial charge is 0.493 e. The Morgan fingerprint density at radius 2 is 2.05 bits per heavy atom. The van der Waals surface area contributed by atoms with Gasteiger partial charge in [0.1, 0.15) is 5.75 Å². The molecular weight excluding hydrogens is 248 g/mol. The van der Waals surface area contributed by atoms with Crippen LogP contribution in [0.25, 0.3) is 0 Å². The van der Waals surface area contributed by atoms with Crippen LogP contribution in [0.5, 0.6) is 5.75 Å². The summed E-state index contributed by atoms with van der Waals surface area (Å²) in [5.74, 6) is 1.56. The first kappa shape index (κ1) is 13.9. The minimum atomic E-state index is 0.475. The van der Waals surface area contributed by atoms with Crippen LogP contribution in [0.2, 0.25) is 0 Å². The standard InChI is InChI=1S/C17H26N2O/c1-14(18-9-12-19-10-5-2-6-11-19)16-13-20-17-8-4-3-7-15(16)17/h3-4,7-8,14,16,18H,2,5-6,9-13H2,1H3/t14-,16-/m0/s1. The number of para-hydroxylation sites is 1. The van der Waals surface area contributed by atoms with Gasteiger partial charge in [-0.1, -0.05) is 24.6 Å². The van der Waals surface area contributed by atoms with E-state index in [4.69, 9.17) is 4.74 Å². The van der Waals surface area contributed by atoms with Crippen molar-refractivity contribution < 1.29 is 4.74 Å². The number of likely N-dealkylation sites (tertiary alicyclic amines) is 1. The first-order valence-electron chi connectivity index (χ1n) is 8.02. The fourth-order valence-electron chi connectivity index (χ4n) is 3.38. The Hall–Kier alpha value is -1.06. The number of nitrogens with one attached hydrogen (secondary N) is 1. The Morgan fingerprint density at radius 3 is 2.90 bits per heavy atom. The van der Waals surface area contributed by atoms with Crippen LogP contribution < -0.4 is 10.1 Å². The maximum absolute atomic E-state index is 5.78. The topological polar surface area (TPSA) is 24.5 Å². The number of fused-ring (bicyclic) bond motifs is 1. The van der Waals surface area contributed by atoms with E-state index in [1.54, 1.807) is 0 Å². The van der Waals surface area contributed by atoms with Crippen molar-refractivity contribution >= 4 is 0 Å². The van der Waals surface area contributed by atoms with Gasteiger partial charge >= 0.3 is 0 Å². The highest BCUT2D eigenvalue weighted by atomic mass is 16.5. The van der Waals surface area contributed by atoms with Crippen LogP contribution in [0.4, 0.5) is 0 Å². The maximum Gasteiger partial charge on any atom is 0.122 e. The molecule has 1 saturated heterocycles. The third kappa shape index (κ3) is 3.15. The van der Waals surface area contributed by atoms with Crippen LogP contribution in [0.15, 0.2) is 24.3 Å². The highest BCUT2D eigenvalue weighted by Crippen LogP contribution is 2.35. The van der Waals surface area contributed by atoms with Crippen LogP contribution in [-0.4, -0.2) is 43.7 Å². The number of nitrogens with zero attached hydrogens (tertiary/aromatic N) is 1. The molecule has 3 heteroatoms. The summed E-state index contributed by atoms with van der Waals surface area (Å²) in [4.78, 5) is 2.59. The molecule has 0 spiro atoms. The number of ether oxygens (including phenoxy) is 1. The molecule has 0 radical (unpaired) electrons. The fourth-order valence-corrected chi connectivity index (χ4v) is 3.38. The Labute approximate surface area is 122 Å². The van der Waals surface area contributed by atoms with Crippen molar-refractivity contribution in [2.75, 3.05) is 32.8 Å². The van der Waals surface area contributed by atoms with E-state index in [9.17, 15) is 0 Å². The highest BCUT2D eigenvalue weighted by molar-refractivity contribution is 5.40. The summed E-state index contributed by atoms with van der Waals surface area (Å²) >= 11 is 0. The van der Waals surface area contributed by atoms with Gasteiger partial charge in [0.05, 0.1) is 6.61 Å². The molecule has 1 aromatic carbocycles. The Kier molecular flexibility index (Phi) is 4.58. The van der Waals surface area contributed by atoms with Crippen molar-refractivity contribution in [1.29, 1.82) is 0 Å². The molecule has 3 nitrogen and oxygen atoms in total. The van der Waals surface area contributed by atoms with E-state index in [0.29, 0.717) is 12.0 Å². The van der Waals surface area contributed by atoms with Crippen molar-refractivity contribution in [1.82, 2.24) is 10.2 Å². The lowest BCUT2D eigenvalue weighted by Gasteiger charge is -2.28. The van der Waals surface area contributed by atoms with E-state index >= 15 is 0 Å². The Bertz CT molecular complexity index is 429. The van der Waals surface area contributed by atoms with Crippen LogP contribution in [0.3, 0.4) is 0 Å². The summed E-state index contributed by atoms with van der Waals surface area (Å²) in [6, 6.07) is 8.92. The molecule has 1 aromatic rings. The minimum Gasteiger partial charge on any atom is -0.493 e. The Balaban J connectivity index is 1.46. The predicted molar refractivity (Wildman–Crippen MR) is 82.4 cm³/mol. The zero-order chi connectivity index (χ0) is 13.8. The summed E-state index contributed by atoms with van der Waals surface area (Å²) in [6.45, 7) is 7.93. The van der Waals surface area contributed by atoms with Gasteiger partial charge in [-0.25, -0.2) is 0 Å². The molecule has 0 aromatic heterocycles. The quantitative estimate of drug-likeness (QED) is 0.893. The van der Waals surface area contributed by atoms with Crippen LogP contribution in [0, 0.1) is 0 Å². The molecule has 2 heterocycles. The Morgan fingerprint density at radius 1 is 1.25 bits per heavy atom. The third-order valence-electron chi connectivity index (χ3n) is 4.68. The lowest BCUT2D eigenvalue weighted by atomic mass is 9.94. The van der Waals surface area contributed by atoms with Gasteiger partial charge in [0, 0.05) is 30.6 Å². The number of piperidine rings is 1. The smallest absolute Gasteiger partial charge is 0.122 e. The molecule has 1 N–H and O–H groups in total. The summed E-state index contributed by atoms with van der Waals surface area (Å²) in [5, 5.41) is 3.69. The highest BCUT2D eigenvalue weighted by Gasteiger charge is 2.28. The summed E-state index contributed by atoms with van der Waals surface area (Å²) in [7, 11) is 0. The van der Waals surface area contributed by atoms with E-state index < -0.39 is 0 Å². The first-order valence-corrected chi connectivity index (χ1v) is 8.02. The predicted octanol–water partition coefficient (Wildman–Crippen LogP) is 2.63. The van der Waals surface area contributed by atoms with Gasteiger partial charge in [-0.3, -0.25) is 0 Å². The molecule has 2 aliphatic rings. The van der Waals surface area contributed by atoms with Gasteiger partial charge in [0.15, 0.2) is 0 Å². The molecule has 0 amide bonds. The van der Waals surface area contributed by atoms with Crippen molar-refractivity contribution in [3.8, 4) is 5.75 Å². The second kappa shape index (κ2) is 6.59. The molecule has 20 heavy (non-hydrogen) atoms. The molecule has 110 valence electrons. The van der Waals surface area contributed by atoms with E-state index in [1.807, 2.05) is 0 Å². The second-order valence-electron chi connectivity index (χ2n) is 6.10. The van der Waals surface area contributed by atoms with Gasteiger partial charge < -0.3 is 15.0 Å². The van der Waals surface area contributed by atoms with Crippen molar-refractivity contribution in [2.45, 2.75) is 38.1 Å². The van der Waals surface area contributed by atoms with Crippen molar-refractivity contribution in [3.63, 3.8) is 0 Å². The average molecular weight is 274 g/mol. The molecule has 0 saturated carbocycles. The van der Waals surface area contributed by atoms with Crippen molar-refractivity contribution in [3.05, 3.63) is 29.8 Å². The molecule has 0 aliphatic carbocycles. The van der Waals surface area contributed by atoms with Gasteiger partial charge in [-0.05, 0) is 38.9 Å². The lowest BCUT2D eigenvalue weighted by Crippen LogP contribution is -2.40. The minimum absolute atomic E-state index is 0.475. The van der Waals surface area contributed by atoms with Gasteiger partial charge in [0.2, 0.25) is 0 Å². The fraction of sp³-hybridized carbons (Fsp3) is 0.647. The molecule has 0 bridgehead atoms. The first-order chi connectivity index (χ1) is 9.84. The zero-order valence-electron chi connectivity index (χ0n) is 12.5. The molecular formula is C17H26N2O. The zero-order valence-corrected chi connectivity index (χ0v) is 12.5. The average Bonchev–Trinajstić information content (AvgIpc) is 2.92. The van der Waals surface area contributed by atoms with E-state index in [1.165, 1.54) is 44.5 Å². The second-order valence-corrected chi connectivity index (χ2v) is 6.10. The van der Waals surface area contributed by atoms with E-state index in [2.05, 4.69) is 41.4 Å². The van der Waals surface area contributed by atoms with E-state index in [-0.39, 0.29) is 0 Å². The van der Waals surface area contributed by atoms with Crippen LogP contribution in [0.1, 0.15) is 37.7 Å².